The van der Waals surface area contributed by atoms with E-state index in [-0.39, 0.29) is 12.5 Å². The molecule has 1 aromatic carbocycles. The molecule has 0 aromatic heterocycles. The van der Waals surface area contributed by atoms with E-state index in [1.165, 1.54) is 18.4 Å². The topological polar surface area (TPSA) is 61.4 Å². The summed E-state index contributed by atoms with van der Waals surface area (Å²) < 4.78 is 0. The van der Waals surface area contributed by atoms with Gasteiger partial charge in [-0.05, 0) is 44.2 Å². The smallest absolute Gasteiger partial charge is 0.321 e. The molecule has 3 amide bonds. The van der Waals surface area contributed by atoms with Gasteiger partial charge in [-0.1, -0.05) is 48.9 Å². The van der Waals surface area contributed by atoms with Crippen molar-refractivity contribution < 1.29 is 9.59 Å². The summed E-state index contributed by atoms with van der Waals surface area (Å²) >= 11 is 0. The third-order valence-electron chi connectivity index (χ3n) is 4.43. The largest absolute Gasteiger partial charge is 0.337 e. The Balaban J connectivity index is 1.67. The lowest BCUT2D eigenvalue weighted by molar-refractivity contribution is -0.121. The average molecular weight is 343 g/mol. The molecule has 1 aliphatic rings. The molecule has 0 fully saturated rings. The molecular weight excluding hydrogens is 314 g/mol. The molecule has 0 saturated heterocycles. The van der Waals surface area contributed by atoms with Crippen LogP contribution in [-0.4, -0.2) is 36.5 Å². The van der Waals surface area contributed by atoms with Crippen molar-refractivity contribution in [2.75, 3.05) is 19.6 Å². The predicted molar refractivity (Wildman–Crippen MR) is 100 cm³/mol. The van der Waals surface area contributed by atoms with E-state index in [0.717, 1.165) is 31.4 Å². The van der Waals surface area contributed by atoms with Crippen LogP contribution in [0.15, 0.2) is 42.0 Å². The van der Waals surface area contributed by atoms with E-state index in [2.05, 4.69) is 16.7 Å². The van der Waals surface area contributed by atoms with Crippen molar-refractivity contribution in [3.8, 4) is 0 Å². The Hall–Kier alpha value is -2.14. The highest BCUT2D eigenvalue weighted by atomic mass is 16.2. The molecule has 5 heteroatoms. The van der Waals surface area contributed by atoms with Crippen LogP contribution >= 0.6 is 0 Å². The summed E-state index contributed by atoms with van der Waals surface area (Å²) in [7, 11) is 0. The van der Waals surface area contributed by atoms with Gasteiger partial charge >= 0.3 is 6.03 Å². The number of rotatable bonds is 8. The molecule has 0 spiro atoms. The summed E-state index contributed by atoms with van der Waals surface area (Å²) in [5.74, 6) is -0.271. The number of hydrogen-bond acceptors (Lipinski definition) is 3. The lowest BCUT2D eigenvalue weighted by Gasteiger charge is -2.19. The normalized spacial score (nSPS) is 14.1. The third-order valence-corrected chi connectivity index (χ3v) is 4.43. The van der Waals surface area contributed by atoms with E-state index in [0.29, 0.717) is 13.1 Å². The number of likely N-dealkylation sites (N-methyl/N-ethyl adjacent to an activating group) is 1. The number of benzene rings is 1. The number of urea groups is 1. The molecule has 0 unspecified atom stereocenters. The van der Waals surface area contributed by atoms with Crippen molar-refractivity contribution in [1.29, 1.82) is 0 Å². The minimum atomic E-state index is -0.405. The Labute approximate surface area is 150 Å². The summed E-state index contributed by atoms with van der Waals surface area (Å²) in [6.07, 6.45) is 7.93. The second-order valence-corrected chi connectivity index (χ2v) is 6.45. The fourth-order valence-corrected chi connectivity index (χ4v) is 3.00. The summed E-state index contributed by atoms with van der Waals surface area (Å²) in [6.45, 7) is 4.24. The first-order chi connectivity index (χ1) is 12.2. The maximum atomic E-state index is 12.1. The number of imide groups is 1. The van der Waals surface area contributed by atoms with Gasteiger partial charge in [-0.3, -0.25) is 15.0 Å². The zero-order chi connectivity index (χ0) is 17.9. The monoisotopic (exact) mass is 343 g/mol. The fourth-order valence-electron chi connectivity index (χ4n) is 3.00. The van der Waals surface area contributed by atoms with Gasteiger partial charge in [0.15, 0.2) is 0 Å². The number of nitrogens with zero attached hydrogens (tertiary/aromatic N) is 1. The van der Waals surface area contributed by atoms with Crippen molar-refractivity contribution in [3.63, 3.8) is 0 Å². The first-order valence-corrected chi connectivity index (χ1v) is 9.19. The summed E-state index contributed by atoms with van der Waals surface area (Å²) in [5.41, 5.74) is 2.57. The van der Waals surface area contributed by atoms with Gasteiger partial charge in [0.05, 0.1) is 6.54 Å². The van der Waals surface area contributed by atoms with Crippen LogP contribution in [0.3, 0.4) is 0 Å². The molecule has 0 aliphatic heterocycles. The van der Waals surface area contributed by atoms with Crippen LogP contribution in [0.1, 0.15) is 44.6 Å². The molecule has 1 aliphatic carbocycles. The summed E-state index contributed by atoms with van der Waals surface area (Å²) in [5, 5.41) is 5.19. The van der Waals surface area contributed by atoms with Crippen LogP contribution in [-0.2, 0) is 11.3 Å². The fraction of sp³-hybridized carbons (Fsp3) is 0.500. The lowest BCUT2D eigenvalue weighted by Crippen LogP contribution is -2.44. The molecule has 25 heavy (non-hydrogen) atoms. The van der Waals surface area contributed by atoms with Gasteiger partial charge in [0.25, 0.3) is 0 Å². The molecule has 0 saturated carbocycles. The third kappa shape index (κ3) is 7.52. The van der Waals surface area contributed by atoms with Crippen molar-refractivity contribution in [1.82, 2.24) is 15.5 Å². The molecule has 0 radical (unpaired) electrons. The molecule has 2 rings (SSSR count). The summed E-state index contributed by atoms with van der Waals surface area (Å²) in [6, 6.07) is 9.61. The number of carbonyl (C=O) groups excluding carboxylic acids is 2. The number of nitrogens with one attached hydrogen (secondary N) is 2. The Morgan fingerprint density at radius 3 is 2.64 bits per heavy atom. The molecule has 0 bridgehead atoms. The van der Waals surface area contributed by atoms with Crippen LogP contribution in [0.25, 0.3) is 0 Å². The van der Waals surface area contributed by atoms with Gasteiger partial charge in [0.2, 0.25) is 5.91 Å². The standard InChI is InChI=1S/C20H29N3O2/c1-2-23(15-18-11-7-4-8-12-18)16-19(24)22-20(25)21-14-13-17-9-5-3-6-10-17/h4,7-9,11-12H,2-3,5-6,10,13-16H2,1H3,(H2,21,22,24,25). The quantitative estimate of drug-likeness (QED) is 0.713. The second-order valence-electron chi connectivity index (χ2n) is 6.45. The lowest BCUT2D eigenvalue weighted by atomic mass is 9.97. The van der Waals surface area contributed by atoms with Gasteiger partial charge in [-0.2, -0.15) is 0 Å². The highest BCUT2D eigenvalue weighted by molar-refractivity contribution is 5.95. The first kappa shape index (κ1) is 19.2. The van der Waals surface area contributed by atoms with Crippen molar-refractivity contribution in [2.45, 2.75) is 45.6 Å². The molecule has 2 N–H and O–H groups in total. The van der Waals surface area contributed by atoms with Crippen LogP contribution in [0.2, 0.25) is 0 Å². The van der Waals surface area contributed by atoms with Crippen molar-refractivity contribution >= 4 is 11.9 Å². The highest BCUT2D eigenvalue weighted by Gasteiger charge is 2.12. The van der Waals surface area contributed by atoms with Crippen molar-refractivity contribution in [3.05, 3.63) is 47.5 Å². The van der Waals surface area contributed by atoms with E-state index in [9.17, 15) is 9.59 Å². The van der Waals surface area contributed by atoms with Gasteiger partial charge in [-0.25, -0.2) is 4.79 Å². The first-order valence-electron chi connectivity index (χ1n) is 9.19. The van der Waals surface area contributed by atoms with Gasteiger partial charge < -0.3 is 5.32 Å². The number of allylic oxidation sites excluding steroid dienone is 1. The Morgan fingerprint density at radius 2 is 1.96 bits per heavy atom. The Morgan fingerprint density at radius 1 is 1.16 bits per heavy atom. The van der Waals surface area contributed by atoms with Crippen LogP contribution in [0.4, 0.5) is 4.79 Å². The number of amides is 3. The Kier molecular flexibility index (Phi) is 8.19. The van der Waals surface area contributed by atoms with E-state index >= 15 is 0 Å². The predicted octanol–water partition coefficient (Wildman–Crippen LogP) is 3.22. The van der Waals surface area contributed by atoms with E-state index < -0.39 is 6.03 Å². The van der Waals surface area contributed by atoms with Crippen LogP contribution < -0.4 is 10.6 Å². The van der Waals surface area contributed by atoms with Gasteiger partial charge in [-0.15, -0.1) is 0 Å². The van der Waals surface area contributed by atoms with Gasteiger partial charge in [0, 0.05) is 13.1 Å². The number of hydrogen-bond donors (Lipinski definition) is 2. The molecule has 136 valence electrons. The molecule has 0 heterocycles. The van der Waals surface area contributed by atoms with Gasteiger partial charge in [0.1, 0.15) is 0 Å². The molecule has 5 nitrogen and oxygen atoms in total. The van der Waals surface area contributed by atoms with E-state index in [4.69, 9.17) is 0 Å². The number of carbonyl (C=O) groups is 2. The molecular formula is C20H29N3O2. The zero-order valence-electron chi connectivity index (χ0n) is 15.1. The summed E-state index contributed by atoms with van der Waals surface area (Å²) in [4.78, 5) is 25.9. The minimum absolute atomic E-state index is 0.212. The second kappa shape index (κ2) is 10.7. The van der Waals surface area contributed by atoms with Crippen LogP contribution in [0, 0.1) is 0 Å². The highest BCUT2D eigenvalue weighted by Crippen LogP contribution is 2.19. The maximum absolute atomic E-state index is 12.1. The van der Waals surface area contributed by atoms with Crippen molar-refractivity contribution in [2.24, 2.45) is 0 Å². The maximum Gasteiger partial charge on any atom is 0.321 e. The SMILES string of the molecule is CCN(CC(=O)NC(=O)NCCC1=CCCCC1)Cc1ccccc1. The molecule has 0 atom stereocenters. The molecule has 1 aromatic rings. The van der Waals surface area contributed by atoms with Crippen LogP contribution in [0.5, 0.6) is 0 Å². The Bertz CT molecular complexity index is 584. The minimum Gasteiger partial charge on any atom is -0.337 e. The zero-order valence-corrected chi connectivity index (χ0v) is 15.1. The van der Waals surface area contributed by atoms with E-state index in [1.54, 1.807) is 0 Å². The average Bonchev–Trinajstić information content (AvgIpc) is 2.63. The van der Waals surface area contributed by atoms with E-state index in [1.807, 2.05) is 42.2 Å².